The van der Waals surface area contributed by atoms with Gasteiger partial charge in [-0.15, -0.1) is 0 Å². The van der Waals surface area contributed by atoms with Crippen molar-refractivity contribution in [2.45, 2.75) is 64.9 Å². The van der Waals surface area contributed by atoms with Gasteiger partial charge in [0, 0.05) is 17.0 Å². The van der Waals surface area contributed by atoms with E-state index in [0.29, 0.717) is 11.3 Å². The molecule has 0 saturated heterocycles. The first-order valence-corrected chi connectivity index (χ1v) is 9.23. The van der Waals surface area contributed by atoms with Crippen LogP contribution in [-0.4, -0.2) is 23.7 Å². The van der Waals surface area contributed by atoms with E-state index in [9.17, 15) is 0 Å². The Balaban J connectivity index is 2.76. The van der Waals surface area contributed by atoms with Gasteiger partial charge >= 0.3 is 0 Å². The first kappa shape index (κ1) is 18.4. The van der Waals surface area contributed by atoms with Crippen molar-refractivity contribution in [2.24, 2.45) is 0 Å². The lowest BCUT2D eigenvalue weighted by Gasteiger charge is -2.21. The third-order valence-electron chi connectivity index (χ3n) is 3.40. The molecule has 0 heterocycles. The largest absolute Gasteiger partial charge is 0.491 e. The normalized spacial score (nSPS) is 14.2. The molecule has 0 aliphatic heterocycles. The van der Waals surface area contributed by atoms with Crippen LogP contribution in [0.1, 0.15) is 59.1 Å². The van der Waals surface area contributed by atoms with E-state index in [0.717, 1.165) is 24.5 Å². The van der Waals surface area contributed by atoms with Gasteiger partial charge in [0.15, 0.2) is 0 Å². The summed E-state index contributed by atoms with van der Waals surface area (Å²) in [5.41, 5.74) is 1.33. The van der Waals surface area contributed by atoms with Crippen molar-refractivity contribution in [2.75, 3.05) is 12.3 Å². The van der Waals surface area contributed by atoms with Crippen molar-refractivity contribution < 1.29 is 4.74 Å². The molecule has 2 nitrogen and oxygen atoms in total. The monoisotopic (exact) mass is 309 g/mol. The summed E-state index contributed by atoms with van der Waals surface area (Å²) in [5, 5.41) is 4.38. The third kappa shape index (κ3) is 7.23. The molecule has 0 radical (unpaired) electrons. The third-order valence-corrected chi connectivity index (χ3v) is 4.82. The Kier molecular flexibility index (Phi) is 8.86. The van der Waals surface area contributed by atoms with Crippen LogP contribution in [0, 0.1) is 0 Å². The molecule has 3 heteroatoms. The standard InChI is InChI=1S/C18H31NOS/c1-6-11-19-18(13-21-15(5)7-2)16-9-8-10-17(12-16)20-14(3)4/h8-10,12,14-15,18-19H,6-7,11,13H2,1-5H3. The van der Waals surface area contributed by atoms with Crippen LogP contribution in [0.25, 0.3) is 0 Å². The molecule has 2 unspecified atom stereocenters. The van der Waals surface area contributed by atoms with Gasteiger partial charge in [-0.05, 0) is 50.9 Å². The molecule has 0 aromatic heterocycles. The van der Waals surface area contributed by atoms with Crippen molar-refractivity contribution in [3.05, 3.63) is 29.8 Å². The number of ether oxygens (including phenoxy) is 1. The van der Waals surface area contributed by atoms with Gasteiger partial charge in [0.25, 0.3) is 0 Å². The topological polar surface area (TPSA) is 21.3 Å². The Hall–Kier alpha value is -0.670. The van der Waals surface area contributed by atoms with E-state index in [-0.39, 0.29) is 6.10 Å². The average molecular weight is 310 g/mol. The minimum absolute atomic E-state index is 0.219. The summed E-state index contributed by atoms with van der Waals surface area (Å²) < 4.78 is 5.82. The fourth-order valence-corrected chi connectivity index (χ4v) is 3.11. The van der Waals surface area contributed by atoms with E-state index in [1.54, 1.807) is 0 Å². The Morgan fingerprint density at radius 1 is 1.19 bits per heavy atom. The van der Waals surface area contributed by atoms with E-state index in [1.165, 1.54) is 12.0 Å². The first-order chi connectivity index (χ1) is 10.1. The molecule has 1 aromatic carbocycles. The molecule has 1 aromatic rings. The summed E-state index contributed by atoms with van der Waals surface area (Å²) in [4.78, 5) is 0. The maximum Gasteiger partial charge on any atom is 0.120 e. The predicted molar refractivity (Wildman–Crippen MR) is 95.5 cm³/mol. The number of nitrogens with one attached hydrogen (secondary N) is 1. The van der Waals surface area contributed by atoms with E-state index in [4.69, 9.17) is 4.74 Å². The van der Waals surface area contributed by atoms with Crippen LogP contribution in [0.4, 0.5) is 0 Å². The fraction of sp³-hybridized carbons (Fsp3) is 0.667. The van der Waals surface area contributed by atoms with Gasteiger partial charge in [0.2, 0.25) is 0 Å². The highest BCUT2D eigenvalue weighted by molar-refractivity contribution is 7.99. The summed E-state index contributed by atoms with van der Waals surface area (Å²) in [6.45, 7) is 12.0. The van der Waals surface area contributed by atoms with Crippen molar-refractivity contribution in [3.63, 3.8) is 0 Å². The Morgan fingerprint density at radius 3 is 2.57 bits per heavy atom. The molecule has 1 N–H and O–H groups in total. The number of thioether (sulfide) groups is 1. The lowest BCUT2D eigenvalue weighted by molar-refractivity contribution is 0.242. The average Bonchev–Trinajstić information content (AvgIpc) is 2.46. The van der Waals surface area contributed by atoms with Gasteiger partial charge in [-0.2, -0.15) is 11.8 Å². The molecule has 0 aliphatic rings. The van der Waals surface area contributed by atoms with Gasteiger partial charge in [-0.3, -0.25) is 0 Å². The summed E-state index contributed by atoms with van der Waals surface area (Å²) in [6, 6.07) is 8.94. The zero-order valence-corrected chi connectivity index (χ0v) is 15.0. The SMILES string of the molecule is CCCNC(CSC(C)CC)c1cccc(OC(C)C)c1. The Bertz CT molecular complexity index is 395. The first-order valence-electron chi connectivity index (χ1n) is 8.18. The Morgan fingerprint density at radius 2 is 1.95 bits per heavy atom. The molecule has 0 fully saturated rings. The number of hydrogen-bond acceptors (Lipinski definition) is 3. The van der Waals surface area contributed by atoms with Crippen molar-refractivity contribution in [1.82, 2.24) is 5.32 Å². The second-order valence-corrected chi connectivity index (χ2v) is 7.27. The maximum absolute atomic E-state index is 5.82. The summed E-state index contributed by atoms with van der Waals surface area (Å²) in [5.74, 6) is 2.08. The molecule has 120 valence electrons. The van der Waals surface area contributed by atoms with Crippen molar-refractivity contribution >= 4 is 11.8 Å². The van der Waals surface area contributed by atoms with E-state index in [1.807, 2.05) is 17.8 Å². The quantitative estimate of drug-likeness (QED) is 0.654. The van der Waals surface area contributed by atoms with Gasteiger partial charge < -0.3 is 10.1 Å². The van der Waals surface area contributed by atoms with Gasteiger partial charge in [0.05, 0.1) is 6.10 Å². The minimum Gasteiger partial charge on any atom is -0.491 e. The predicted octanol–water partition coefficient (Wildman–Crippen LogP) is 5.05. The second kappa shape index (κ2) is 10.1. The molecule has 2 atom stereocenters. The zero-order chi connectivity index (χ0) is 15.7. The Labute approximate surface area is 135 Å². The van der Waals surface area contributed by atoms with Crippen LogP contribution in [0.5, 0.6) is 5.75 Å². The van der Waals surface area contributed by atoms with Crippen LogP contribution in [0.15, 0.2) is 24.3 Å². The van der Waals surface area contributed by atoms with E-state index in [2.05, 4.69) is 58.1 Å². The second-order valence-electron chi connectivity index (χ2n) is 5.80. The lowest BCUT2D eigenvalue weighted by Crippen LogP contribution is -2.25. The number of benzene rings is 1. The minimum atomic E-state index is 0.219. The smallest absolute Gasteiger partial charge is 0.120 e. The molecule has 0 bridgehead atoms. The van der Waals surface area contributed by atoms with Gasteiger partial charge in [-0.25, -0.2) is 0 Å². The van der Waals surface area contributed by atoms with Crippen LogP contribution >= 0.6 is 11.8 Å². The van der Waals surface area contributed by atoms with Crippen molar-refractivity contribution in [1.29, 1.82) is 0 Å². The number of rotatable bonds is 10. The van der Waals surface area contributed by atoms with Crippen molar-refractivity contribution in [3.8, 4) is 5.75 Å². The summed E-state index contributed by atoms with van der Waals surface area (Å²) in [7, 11) is 0. The molecule has 1 rings (SSSR count). The van der Waals surface area contributed by atoms with Crippen LogP contribution in [-0.2, 0) is 0 Å². The molecular formula is C18H31NOS. The maximum atomic E-state index is 5.82. The van der Waals surface area contributed by atoms with E-state index >= 15 is 0 Å². The molecule has 0 saturated carbocycles. The van der Waals surface area contributed by atoms with Gasteiger partial charge in [-0.1, -0.05) is 32.9 Å². The molecule has 21 heavy (non-hydrogen) atoms. The van der Waals surface area contributed by atoms with Crippen LogP contribution < -0.4 is 10.1 Å². The van der Waals surface area contributed by atoms with E-state index < -0.39 is 0 Å². The molecule has 0 amide bonds. The molecule has 0 spiro atoms. The summed E-state index contributed by atoms with van der Waals surface area (Å²) >= 11 is 2.05. The highest BCUT2D eigenvalue weighted by Gasteiger charge is 2.13. The summed E-state index contributed by atoms with van der Waals surface area (Å²) in [6.07, 6.45) is 2.60. The lowest BCUT2D eigenvalue weighted by atomic mass is 10.1. The van der Waals surface area contributed by atoms with Crippen LogP contribution in [0.2, 0.25) is 0 Å². The molecular weight excluding hydrogens is 278 g/mol. The fourth-order valence-electron chi connectivity index (χ4n) is 2.05. The van der Waals surface area contributed by atoms with Gasteiger partial charge in [0.1, 0.15) is 5.75 Å². The highest BCUT2D eigenvalue weighted by atomic mass is 32.2. The number of hydrogen-bond donors (Lipinski definition) is 1. The highest BCUT2D eigenvalue weighted by Crippen LogP contribution is 2.25. The zero-order valence-electron chi connectivity index (χ0n) is 14.2. The van der Waals surface area contributed by atoms with Crippen LogP contribution in [0.3, 0.4) is 0 Å². The molecule has 0 aliphatic carbocycles.